The van der Waals surface area contributed by atoms with Crippen molar-refractivity contribution >= 4 is 0 Å². The fourth-order valence-electron chi connectivity index (χ4n) is 1.28. The van der Waals surface area contributed by atoms with Crippen molar-refractivity contribution in [2.75, 3.05) is 0 Å². The van der Waals surface area contributed by atoms with Gasteiger partial charge in [0, 0.05) is 0 Å². The van der Waals surface area contributed by atoms with Crippen LogP contribution in [0.15, 0.2) is 30.5 Å². The van der Waals surface area contributed by atoms with Crippen LogP contribution in [-0.4, -0.2) is 15.4 Å². The fourth-order valence-corrected chi connectivity index (χ4v) is 1.28. The number of hydrogen-bond acceptors (Lipinski definition) is 3. The summed E-state index contributed by atoms with van der Waals surface area (Å²) in [4.78, 5) is 0. The average molecular weight is 203 g/mol. The monoisotopic (exact) mass is 203 g/mol. The standard InChI is InChI=1S/C11H13N3O/c1-8(2)9-3-5-10(6-4-9)15-11-7-12-14-13-11/h3-8H,1-2H3,(H,12,13,14). The molecule has 0 atom stereocenters. The van der Waals surface area contributed by atoms with Gasteiger partial charge in [-0.2, -0.15) is 10.3 Å². The van der Waals surface area contributed by atoms with Gasteiger partial charge in [-0.25, -0.2) is 0 Å². The number of aromatic nitrogens is 3. The van der Waals surface area contributed by atoms with Crippen molar-refractivity contribution in [3.63, 3.8) is 0 Å². The van der Waals surface area contributed by atoms with Crippen molar-refractivity contribution in [1.82, 2.24) is 15.4 Å². The first-order valence-electron chi connectivity index (χ1n) is 4.89. The van der Waals surface area contributed by atoms with Gasteiger partial charge < -0.3 is 4.74 Å². The van der Waals surface area contributed by atoms with Crippen LogP contribution < -0.4 is 4.74 Å². The maximum Gasteiger partial charge on any atom is 0.258 e. The Bertz CT molecular complexity index is 406. The van der Waals surface area contributed by atoms with Gasteiger partial charge in [0.15, 0.2) is 0 Å². The number of ether oxygens (including phenoxy) is 1. The Hall–Kier alpha value is -1.84. The third kappa shape index (κ3) is 2.34. The predicted molar refractivity (Wildman–Crippen MR) is 57.0 cm³/mol. The lowest BCUT2D eigenvalue weighted by atomic mass is 10.0. The first-order chi connectivity index (χ1) is 7.25. The smallest absolute Gasteiger partial charge is 0.258 e. The van der Waals surface area contributed by atoms with E-state index in [0.717, 1.165) is 5.75 Å². The second-order valence-electron chi connectivity index (χ2n) is 3.63. The number of rotatable bonds is 3. The zero-order valence-electron chi connectivity index (χ0n) is 8.77. The predicted octanol–water partition coefficient (Wildman–Crippen LogP) is 2.72. The van der Waals surface area contributed by atoms with E-state index in [1.54, 1.807) is 0 Å². The van der Waals surface area contributed by atoms with Gasteiger partial charge in [0.05, 0.1) is 0 Å². The number of H-pyrrole nitrogens is 1. The molecule has 1 N–H and O–H groups in total. The molecule has 0 radical (unpaired) electrons. The molecule has 0 spiro atoms. The molecule has 4 heteroatoms. The Balaban J connectivity index is 2.11. The Morgan fingerprint density at radius 2 is 1.93 bits per heavy atom. The van der Waals surface area contributed by atoms with Gasteiger partial charge in [-0.15, -0.1) is 5.10 Å². The van der Waals surface area contributed by atoms with E-state index < -0.39 is 0 Å². The lowest BCUT2D eigenvalue weighted by Crippen LogP contribution is -1.88. The van der Waals surface area contributed by atoms with E-state index >= 15 is 0 Å². The van der Waals surface area contributed by atoms with Crippen molar-refractivity contribution < 1.29 is 4.74 Å². The van der Waals surface area contributed by atoms with Gasteiger partial charge >= 0.3 is 0 Å². The number of benzene rings is 1. The lowest BCUT2D eigenvalue weighted by molar-refractivity contribution is 0.461. The Morgan fingerprint density at radius 1 is 1.20 bits per heavy atom. The van der Waals surface area contributed by atoms with Crippen molar-refractivity contribution in [1.29, 1.82) is 0 Å². The molecule has 0 fully saturated rings. The maximum absolute atomic E-state index is 5.45. The molecule has 0 saturated heterocycles. The molecule has 4 nitrogen and oxygen atoms in total. The minimum atomic E-state index is 0.479. The van der Waals surface area contributed by atoms with Crippen LogP contribution in [0.4, 0.5) is 0 Å². The van der Waals surface area contributed by atoms with Crippen LogP contribution in [0, 0.1) is 0 Å². The molecule has 2 rings (SSSR count). The van der Waals surface area contributed by atoms with Gasteiger partial charge in [-0.1, -0.05) is 26.0 Å². The zero-order valence-corrected chi connectivity index (χ0v) is 8.77. The summed E-state index contributed by atoms with van der Waals surface area (Å²) >= 11 is 0. The first kappa shape index (κ1) is 9.71. The molecule has 0 aliphatic rings. The molecule has 1 aromatic carbocycles. The van der Waals surface area contributed by atoms with E-state index in [4.69, 9.17) is 4.74 Å². The molecule has 1 heterocycles. The second kappa shape index (κ2) is 4.13. The van der Waals surface area contributed by atoms with E-state index in [2.05, 4.69) is 41.4 Å². The highest BCUT2D eigenvalue weighted by Gasteiger charge is 2.01. The summed E-state index contributed by atoms with van der Waals surface area (Å²) in [6, 6.07) is 7.98. The number of nitrogens with zero attached hydrogens (tertiary/aromatic N) is 2. The maximum atomic E-state index is 5.45. The fraction of sp³-hybridized carbons (Fsp3) is 0.273. The molecule has 78 valence electrons. The summed E-state index contributed by atoms with van der Waals surface area (Å²) in [6.07, 6.45) is 1.54. The highest BCUT2D eigenvalue weighted by Crippen LogP contribution is 2.21. The Kier molecular flexibility index (Phi) is 2.67. The van der Waals surface area contributed by atoms with Gasteiger partial charge in [0.2, 0.25) is 0 Å². The lowest BCUT2D eigenvalue weighted by Gasteiger charge is -2.06. The van der Waals surface area contributed by atoms with Crippen LogP contribution in [0.2, 0.25) is 0 Å². The van der Waals surface area contributed by atoms with Gasteiger partial charge in [0.25, 0.3) is 5.88 Å². The average Bonchev–Trinajstić information content (AvgIpc) is 2.71. The van der Waals surface area contributed by atoms with E-state index in [1.807, 2.05) is 12.1 Å². The summed E-state index contributed by atoms with van der Waals surface area (Å²) in [5.74, 6) is 1.78. The number of hydrogen-bond donors (Lipinski definition) is 1. The molecule has 2 aromatic rings. The summed E-state index contributed by atoms with van der Waals surface area (Å²) < 4.78 is 5.45. The first-order valence-corrected chi connectivity index (χ1v) is 4.89. The molecule has 0 amide bonds. The van der Waals surface area contributed by atoms with Gasteiger partial charge in [-0.05, 0) is 23.6 Å². The Morgan fingerprint density at radius 3 is 2.47 bits per heavy atom. The highest BCUT2D eigenvalue weighted by atomic mass is 16.5. The summed E-state index contributed by atoms with van der Waals surface area (Å²) in [6.45, 7) is 4.32. The molecular formula is C11H13N3O. The van der Waals surface area contributed by atoms with Crippen LogP contribution in [0.3, 0.4) is 0 Å². The van der Waals surface area contributed by atoms with E-state index in [0.29, 0.717) is 11.8 Å². The van der Waals surface area contributed by atoms with Gasteiger partial charge in [0.1, 0.15) is 11.9 Å². The molecule has 1 aromatic heterocycles. The molecular weight excluding hydrogens is 190 g/mol. The van der Waals surface area contributed by atoms with E-state index in [9.17, 15) is 0 Å². The number of aromatic amines is 1. The van der Waals surface area contributed by atoms with Crippen molar-refractivity contribution in [3.8, 4) is 11.6 Å². The minimum absolute atomic E-state index is 0.479. The number of nitrogens with one attached hydrogen (secondary N) is 1. The highest BCUT2D eigenvalue weighted by molar-refractivity contribution is 5.30. The largest absolute Gasteiger partial charge is 0.436 e. The normalized spacial score (nSPS) is 10.6. The van der Waals surface area contributed by atoms with Crippen molar-refractivity contribution in [2.45, 2.75) is 19.8 Å². The van der Waals surface area contributed by atoms with Crippen LogP contribution in [0.25, 0.3) is 0 Å². The Labute approximate surface area is 88.3 Å². The van der Waals surface area contributed by atoms with Crippen molar-refractivity contribution in [2.24, 2.45) is 0 Å². The molecule has 0 aliphatic heterocycles. The van der Waals surface area contributed by atoms with Crippen LogP contribution in [0.1, 0.15) is 25.3 Å². The summed E-state index contributed by atoms with van der Waals surface area (Å²) in [5, 5.41) is 9.97. The van der Waals surface area contributed by atoms with Crippen LogP contribution in [0.5, 0.6) is 11.6 Å². The molecule has 0 unspecified atom stereocenters. The molecule has 0 saturated carbocycles. The third-order valence-corrected chi connectivity index (χ3v) is 2.16. The molecule has 0 aliphatic carbocycles. The topological polar surface area (TPSA) is 50.8 Å². The summed E-state index contributed by atoms with van der Waals surface area (Å²) in [5.41, 5.74) is 1.29. The molecule has 0 bridgehead atoms. The SMILES string of the molecule is CC(C)c1ccc(Oc2cn[nH]n2)cc1. The van der Waals surface area contributed by atoms with Crippen LogP contribution >= 0.6 is 0 Å². The summed E-state index contributed by atoms with van der Waals surface area (Å²) in [7, 11) is 0. The van der Waals surface area contributed by atoms with Crippen LogP contribution in [-0.2, 0) is 0 Å². The van der Waals surface area contributed by atoms with Gasteiger partial charge in [-0.3, -0.25) is 0 Å². The minimum Gasteiger partial charge on any atom is -0.436 e. The third-order valence-electron chi connectivity index (χ3n) is 2.16. The zero-order chi connectivity index (χ0) is 10.7. The van der Waals surface area contributed by atoms with E-state index in [1.165, 1.54) is 11.8 Å². The van der Waals surface area contributed by atoms with E-state index in [-0.39, 0.29) is 0 Å². The second-order valence-corrected chi connectivity index (χ2v) is 3.63. The molecule has 15 heavy (non-hydrogen) atoms. The van der Waals surface area contributed by atoms with Crippen molar-refractivity contribution in [3.05, 3.63) is 36.0 Å². The quantitative estimate of drug-likeness (QED) is 0.834.